The fourth-order valence-electron chi connectivity index (χ4n) is 15.5. The third kappa shape index (κ3) is 2.94. The van der Waals surface area contributed by atoms with Gasteiger partial charge in [0, 0.05) is 60.7 Å². The van der Waals surface area contributed by atoms with Crippen LogP contribution in [0.5, 0.6) is 0 Å². The van der Waals surface area contributed by atoms with Gasteiger partial charge in [-0.05, 0) is 103 Å². The van der Waals surface area contributed by atoms with Crippen molar-refractivity contribution in [2.24, 2.45) is 0 Å². The molecule has 0 amide bonds. The number of carbonyl (C=O) groups is 2. The molecule has 3 heterocycles. The summed E-state index contributed by atoms with van der Waals surface area (Å²) in [5.41, 5.74) is 18.0. The lowest BCUT2D eigenvalue weighted by Crippen LogP contribution is -2.61. The monoisotopic (exact) mass is 813 g/mol. The molecule has 6 aliphatic rings. The Kier molecular flexibility index (Phi) is 4.92. The first-order chi connectivity index (χ1) is 31.6. The van der Waals surface area contributed by atoms with Crippen molar-refractivity contribution in [3.05, 3.63) is 231 Å². The largest absolute Gasteiger partial charge is 0.455 e. The highest BCUT2D eigenvalue weighted by atomic mass is 16.3. The zero-order valence-electron chi connectivity index (χ0n) is 34.1. The number of rotatable bonds is 0. The first-order valence-corrected chi connectivity index (χ1v) is 22.6. The zero-order valence-corrected chi connectivity index (χ0v) is 34.1. The van der Waals surface area contributed by atoms with Gasteiger partial charge in [0.05, 0.1) is 33.8 Å². The quantitative estimate of drug-likeness (QED) is 0.113. The Morgan fingerprint density at radius 2 is 0.906 bits per heavy atom. The summed E-state index contributed by atoms with van der Waals surface area (Å²) in [6, 6.07) is 59.2. The SMILES string of the molecule is O=C1c2cc3c(cc2C2c4ccccc4C24c2ccccc2C14)c1cc2c4cccc5cccc(oc2c2c6cc7c(cc6n3c12)C(=O)C1c2ccccc2C12c1ccccc1C72)c54. The molecule has 3 aromatic heterocycles. The molecule has 294 valence electrons. The average molecular weight is 814 g/mol. The van der Waals surface area contributed by atoms with E-state index in [1.165, 1.54) is 33.4 Å². The third-order valence-corrected chi connectivity index (χ3v) is 17.6. The van der Waals surface area contributed by atoms with Gasteiger partial charge < -0.3 is 8.82 Å². The van der Waals surface area contributed by atoms with Gasteiger partial charge in [-0.1, -0.05) is 127 Å². The molecular weight excluding hydrogens is 783 g/mol. The molecular formula is C60H31NO3. The fourth-order valence-corrected chi connectivity index (χ4v) is 15.5. The molecule has 4 heteroatoms. The molecule has 0 saturated heterocycles. The molecule has 6 aliphatic carbocycles. The third-order valence-electron chi connectivity index (χ3n) is 17.6. The second kappa shape index (κ2) is 9.86. The zero-order chi connectivity index (χ0) is 41.3. The second-order valence-corrected chi connectivity index (χ2v) is 19.6. The number of hydrogen-bond acceptors (Lipinski definition) is 3. The van der Waals surface area contributed by atoms with Crippen LogP contribution in [-0.2, 0) is 10.8 Å². The van der Waals surface area contributed by atoms with Gasteiger partial charge >= 0.3 is 0 Å². The van der Waals surface area contributed by atoms with E-state index < -0.39 is 0 Å². The maximum atomic E-state index is 15.3. The summed E-state index contributed by atoms with van der Waals surface area (Å²) in [5, 5.41) is 8.88. The van der Waals surface area contributed by atoms with Crippen LogP contribution < -0.4 is 0 Å². The summed E-state index contributed by atoms with van der Waals surface area (Å²) < 4.78 is 9.55. The minimum Gasteiger partial charge on any atom is -0.455 e. The molecule has 12 aromatic rings. The predicted molar refractivity (Wildman–Crippen MR) is 251 cm³/mol. The number of ketones is 2. The lowest BCUT2D eigenvalue weighted by Gasteiger charge is -2.64. The fraction of sp³-hybridized carbons (Fsp3) is 0.100. The number of hydrogen-bond donors (Lipinski definition) is 0. The minimum atomic E-state index is -0.364. The number of benzene rings is 9. The highest BCUT2D eigenvalue weighted by Gasteiger charge is 2.70. The van der Waals surface area contributed by atoms with Crippen molar-refractivity contribution in [3.63, 3.8) is 0 Å². The van der Waals surface area contributed by atoms with Crippen LogP contribution in [0.25, 0.3) is 70.8 Å². The smallest absolute Gasteiger partial charge is 0.171 e. The molecule has 6 unspecified atom stereocenters. The van der Waals surface area contributed by atoms with Crippen LogP contribution >= 0.6 is 0 Å². The Morgan fingerprint density at radius 1 is 0.406 bits per heavy atom. The maximum Gasteiger partial charge on any atom is 0.171 e. The second-order valence-electron chi connectivity index (χ2n) is 19.6. The number of nitrogens with zero attached hydrogens (tertiary/aromatic N) is 1. The van der Waals surface area contributed by atoms with Crippen LogP contribution in [0.3, 0.4) is 0 Å². The molecule has 0 fully saturated rings. The van der Waals surface area contributed by atoms with Crippen molar-refractivity contribution in [3.8, 4) is 0 Å². The van der Waals surface area contributed by atoms with Gasteiger partial charge in [-0.15, -0.1) is 0 Å². The molecule has 2 spiro atoms. The summed E-state index contributed by atoms with van der Waals surface area (Å²) in [4.78, 5) is 30.6. The molecule has 0 aliphatic heterocycles. The van der Waals surface area contributed by atoms with E-state index in [1.54, 1.807) is 0 Å². The van der Waals surface area contributed by atoms with Gasteiger partial charge in [0.2, 0.25) is 0 Å². The molecule has 6 atom stereocenters. The van der Waals surface area contributed by atoms with Crippen molar-refractivity contribution in [2.75, 3.05) is 0 Å². The van der Waals surface area contributed by atoms with Crippen molar-refractivity contribution in [1.82, 2.24) is 4.40 Å². The summed E-state index contributed by atoms with van der Waals surface area (Å²) in [6.07, 6.45) is 0. The molecule has 4 nitrogen and oxygen atoms in total. The Morgan fingerprint density at radius 3 is 1.48 bits per heavy atom. The van der Waals surface area contributed by atoms with Gasteiger partial charge in [0.1, 0.15) is 11.2 Å². The van der Waals surface area contributed by atoms with Crippen LogP contribution in [0.15, 0.2) is 168 Å². The summed E-state index contributed by atoms with van der Waals surface area (Å²) in [5.74, 6) is 0.0842. The van der Waals surface area contributed by atoms with Gasteiger partial charge in [-0.25, -0.2) is 0 Å². The van der Waals surface area contributed by atoms with Crippen molar-refractivity contribution in [2.45, 2.75) is 34.5 Å². The first-order valence-electron chi connectivity index (χ1n) is 22.6. The van der Waals surface area contributed by atoms with Crippen molar-refractivity contribution < 1.29 is 14.0 Å². The number of fused-ring (bicyclic) bond motifs is 21. The van der Waals surface area contributed by atoms with Crippen LogP contribution in [-0.4, -0.2) is 16.0 Å². The Labute approximate surface area is 364 Å². The van der Waals surface area contributed by atoms with E-state index >= 15 is 9.59 Å². The van der Waals surface area contributed by atoms with E-state index in [0.29, 0.717) is 0 Å². The highest BCUT2D eigenvalue weighted by molar-refractivity contribution is 6.35. The summed E-state index contributed by atoms with van der Waals surface area (Å²) in [7, 11) is 0. The average Bonchev–Trinajstić information content (AvgIpc) is 3.80. The van der Waals surface area contributed by atoms with Crippen molar-refractivity contribution in [1.29, 1.82) is 0 Å². The highest BCUT2D eigenvalue weighted by Crippen LogP contribution is 2.75. The molecule has 0 radical (unpaired) electrons. The van der Waals surface area contributed by atoms with Gasteiger partial charge in [-0.2, -0.15) is 0 Å². The molecule has 64 heavy (non-hydrogen) atoms. The molecule has 0 bridgehead atoms. The van der Waals surface area contributed by atoms with E-state index in [2.05, 4.69) is 168 Å². The first kappa shape index (κ1) is 31.9. The van der Waals surface area contributed by atoms with E-state index in [4.69, 9.17) is 4.42 Å². The topological polar surface area (TPSA) is 51.7 Å². The number of Topliss-reactive ketones (excluding diaryl/α,β-unsaturated/α-hetero) is 2. The number of aromatic nitrogens is 1. The van der Waals surface area contributed by atoms with E-state index in [1.807, 2.05) is 0 Å². The molecule has 9 aromatic carbocycles. The van der Waals surface area contributed by atoms with Gasteiger partial charge in [0.15, 0.2) is 11.6 Å². The molecule has 0 N–H and O–H groups in total. The minimum absolute atomic E-state index is 0.0596. The van der Waals surface area contributed by atoms with Crippen LogP contribution in [0.2, 0.25) is 0 Å². The van der Waals surface area contributed by atoms with Crippen LogP contribution in [0, 0.1) is 0 Å². The van der Waals surface area contributed by atoms with E-state index in [0.717, 1.165) is 104 Å². The summed E-state index contributed by atoms with van der Waals surface area (Å²) in [6.45, 7) is 0. The lowest BCUT2D eigenvalue weighted by molar-refractivity contribution is 0.0839. The number of carbonyl (C=O) groups excluding carboxylic acids is 2. The molecule has 18 rings (SSSR count). The van der Waals surface area contributed by atoms with E-state index in [-0.39, 0.29) is 46.1 Å². The van der Waals surface area contributed by atoms with Crippen LogP contribution in [0.4, 0.5) is 0 Å². The normalized spacial score (nSPS) is 24.8. The standard InChI is InChI=1S/C60H31NO3/c62-56-38-26-46-34(23-35(38)51-30-13-1-5-18-42(30)59(51)44-20-7-3-15-32(44)53(56)59)37-25-40-29-17-9-11-28-12-10-22-48(49(28)29)64-58(40)50-41-24-36-39(27-47(41)61(46)55(37)50)57(63)54-33-16-4-8-21-45(33)60(54)43-19-6-2-14-31(43)52(36)60/h1-27,51-54H. The Bertz CT molecular complexity index is 4350. The lowest BCUT2D eigenvalue weighted by atomic mass is 9.36. The predicted octanol–water partition coefficient (Wildman–Crippen LogP) is 13.3. The van der Waals surface area contributed by atoms with Gasteiger partial charge in [0.25, 0.3) is 0 Å². The molecule has 0 saturated carbocycles. The Hall–Kier alpha value is -7.82. The van der Waals surface area contributed by atoms with Crippen LogP contribution in [0.1, 0.15) is 100 Å². The van der Waals surface area contributed by atoms with Gasteiger partial charge in [-0.3, -0.25) is 9.59 Å². The Balaban J connectivity index is 1.01. The maximum absolute atomic E-state index is 15.3. The van der Waals surface area contributed by atoms with E-state index in [9.17, 15) is 0 Å². The summed E-state index contributed by atoms with van der Waals surface area (Å²) >= 11 is 0. The van der Waals surface area contributed by atoms with Crippen molar-refractivity contribution >= 4 is 82.4 Å².